The minimum absolute atomic E-state index is 0.137. The maximum absolute atomic E-state index is 12.3. The first kappa shape index (κ1) is 15.2. The average molecular weight is 277 g/mol. The van der Waals surface area contributed by atoms with Crippen molar-refractivity contribution >= 4 is 10.0 Å². The Morgan fingerprint density at radius 2 is 1.74 bits per heavy atom. The molecule has 1 aromatic carbocycles. The maximum atomic E-state index is 12.3. The van der Waals surface area contributed by atoms with Gasteiger partial charge in [0.1, 0.15) is 6.54 Å². The van der Waals surface area contributed by atoms with Gasteiger partial charge in [-0.25, -0.2) is 8.42 Å². The molecule has 0 radical (unpaired) electrons. The Labute approximate surface area is 113 Å². The van der Waals surface area contributed by atoms with Gasteiger partial charge in [0.15, 0.2) is 0 Å². The number of sulfonamides is 1. The van der Waals surface area contributed by atoms with E-state index in [0.717, 1.165) is 9.87 Å². The van der Waals surface area contributed by atoms with Gasteiger partial charge < -0.3 is 0 Å². The van der Waals surface area contributed by atoms with E-state index in [1.165, 1.54) is 12.1 Å². The molecule has 0 amide bonds. The predicted octanol–water partition coefficient (Wildman–Crippen LogP) is 1.68. The fourth-order valence-corrected chi connectivity index (χ4v) is 3.15. The van der Waals surface area contributed by atoms with Gasteiger partial charge in [0.2, 0.25) is 10.0 Å². The predicted molar refractivity (Wildman–Crippen MR) is 70.4 cm³/mol. The van der Waals surface area contributed by atoms with Crippen molar-refractivity contribution in [3.05, 3.63) is 29.8 Å². The molecule has 1 aromatic rings. The molecule has 0 unspecified atom stereocenters. The van der Waals surface area contributed by atoms with E-state index in [1.807, 2.05) is 12.1 Å². The standard InChI is InChI=1S/C13H15N3O2S/c1-11(2)16(10-9-15)19(17,18)13-5-3-12(4-6-13)7-8-14/h3-6,11H,7,10H2,1-2H3. The molecule has 0 spiro atoms. The highest BCUT2D eigenvalue weighted by molar-refractivity contribution is 7.89. The summed E-state index contributed by atoms with van der Waals surface area (Å²) in [5, 5.41) is 17.3. The van der Waals surface area contributed by atoms with Gasteiger partial charge in [-0.3, -0.25) is 0 Å². The molecule has 0 aliphatic carbocycles. The van der Waals surface area contributed by atoms with Gasteiger partial charge >= 0.3 is 0 Å². The van der Waals surface area contributed by atoms with Crippen LogP contribution in [0, 0.1) is 22.7 Å². The van der Waals surface area contributed by atoms with Crippen LogP contribution >= 0.6 is 0 Å². The fraction of sp³-hybridized carbons (Fsp3) is 0.385. The first-order chi connectivity index (χ1) is 8.93. The van der Waals surface area contributed by atoms with Crippen LogP contribution < -0.4 is 0 Å². The first-order valence-corrected chi connectivity index (χ1v) is 7.22. The SMILES string of the molecule is CC(C)N(CC#N)S(=O)(=O)c1ccc(CC#N)cc1. The number of hydrogen-bond donors (Lipinski definition) is 0. The van der Waals surface area contributed by atoms with Gasteiger partial charge in [0.25, 0.3) is 0 Å². The Morgan fingerprint density at radius 1 is 1.16 bits per heavy atom. The highest BCUT2D eigenvalue weighted by Gasteiger charge is 2.26. The minimum Gasteiger partial charge on any atom is -0.207 e. The second-order valence-electron chi connectivity index (χ2n) is 4.28. The van der Waals surface area contributed by atoms with E-state index in [-0.39, 0.29) is 23.9 Å². The molecule has 0 aliphatic rings. The quantitative estimate of drug-likeness (QED) is 0.766. The third-order valence-electron chi connectivity index (χ3n) is 2.62. The molecule has 0 fully saturated rings. The number of hydrogen-bond acceptors (Lipinski definition) is 4. The normalized spacial score (nSPS) is 11.3. The van der Waals surface area contributed by atoms with Gasteiger partial charge in [-0.2, -0.15) is 14.8 Å². The van der Waals surface area contributed by atoms with E-state index < -0.39 is 10.0 Å². The smallest absolute Gasteiger partial charge is 0.207 e. The van der Waals surface area contributed by atoms with Gasteiger partial charge in [0.05, 0.1) is 23.5 Å². The summed E-state index contributed by atoms with van der Waals surface area (Å²) in [4.78, 5) is 0.137. The summed E-state index contributed by atoms with van der Waals surface area (Å²) in [6.45, 7) is 3.26. The molecule has 0 heterocycles. The van der Waals surface area contributed by atoms with E-state index in [1.54, 1.807) is 26.0 Å². The second kappa shape index (κ2) is 6.33. The maximum Gasteiger partial charge on any atom is 0.244 e. The largest absolute Gasteiger partial charge is 0.244 e. The number of nitrogens with zero attached hydrogens (tertiary/aromatic N) is 3. The van der Waals surface area contributed by atoms with Crippen molar-refractivity contribution in [1.82, 2.24) is 4.31 Å². The third kappa shape index (κ3) is 3.54. The first-order valence-electron chi connectivity index (χ1n) is 5.78. The zero-order chi connectivity index (χ0) is 14.5. The van der Waals surface area contributed by atoms with Crippen LogP contribution in [0.15, 0.2) is 29.2 Å². The van der Waals surface area contributed by atoms with Gasteiger partial charge in [0, 0.05) is 6.04 Å². The lowest BCUT2D eigenvalue weighted by Crippen LogP contribution is -2.37. The molecule has 0 N–H and O–H groups in total. The number of rotatable bonds is 5. The molecule has 0 aromatic heterocycles. The molecule has 0 atom stereocenters. The van der Waals surface area contributed by atoms with Crippen LogP contribution in [0.2, 0.25) is 0 Å². The zero-order valence-corrected chi connectivity index (χ0v) is 11.7. The lowest BCUT2D eigenvalue weighted by atomic mass is 10.2. The summed E-state index contributed by atoms with van der Waals surface area (Å²) in [6, 6.07) is 9.73. The average Bonchev–Trinajstić information content (AvgIpc) is 2.36. The topological polar surface area (TPSA) is 85.0 Å². The lowest BCUT2D eigenvalue weighted by Gasteiger charge is -2.23. The van der Waals surface area contributed by atoms with E-state index in [4.69, 9.17) is 10.5 Å². The van der Waals surface area contributed by atoms with Crippen molar-refractivity contribution in [3.8, 4) is 12.1 Å². The van der Waals surface area contributed by atoms with E-state index in [9.17, 15) is 8.42 Å². The van der Waals surface area contributed by atoms with Crippen molar-refractivity contribution in [2.75, 3.05) is 6.54 Å². The molecule has 0 bridgehead atoms. The summed E-state index contributed by atoms with van der Waals surface area (Å²) < 4.78 is 25.8. The van der Waals surface area contributed by atoms with Gasteiger partial charge in [-0.05, 0) is 31.5 Å². The highest BCUT2D eigenvalue weighted by atomic mass is 32.2. The second-order valence-corrected chi connectivity index (χ2v) is 6.17. The monoisotopic (exact) mass is 277 g/mol. The van der Waals surface area contributed by atoms with Gasteiger partial charge in [-0.1, -0.05) is 12.1 Å². The van der Waals surface area contributed by atoms with Crippen molar-refractivity contribution in [2.24, 2.45) is 0 Å². The Balaban J connectivity index is 3.12. The molecule has 0 aliphatic heterocycles. The molecule has 100 valence electrons. The summed E-state index contributed by atoms with van der Waals surface area (Å²) in [5.41, 5.74) is 0.762. The molecule has 6 heteroatoms. The summed E-state index contributed by atoms with van der Waals surface area (Å²) in [5.74, 6) is 0. The van der Waals surface area contributed by atoms with Crippen LogP contribution in [0.3, 0.4) is 0 Å². The van der Waals surface area contributed by atoms with Crippen molar-refractivity contribution in [1.29, 1.82) is 10.5 Å². The minimum atomic E-state index is -3.67. The molecular formula is C13H15N3O2S. The summed E-state index contributed by atoms with van der Waals surface area (Å²) >= 11 is 0. The number of nitriles is 2. The fourth-order valence-electron chi connectivity index (χ4n) is 1.62. The van der Waals surface area contributed by atoms with Gasteiger partial charge in [-0.15, -0.1) is 0 Å². The van der Waals surface area contributed by atoms with Crippen molar-refractivity contribution < 1.29 is 8.42 Å². The Bertz CT molecular complexity index is 607. The van der Waals surface area contributed by atoms with Crippen molar-refractivity contribution in [3.63, 3.8) is 0 Å². The molecular weight excluding hydrogens is 262 g/mol. The molecule has 0 saturated heterocycles. The molecule has 0 saturated carbocycles. The lowest BCUT2D eigenvalue weighted by molar-refractivity contribution is 0.385. The van der Waals surface area contributed by atoms with E-state index in [0.29, 0.717) is 0 Å². The van der Waals surface area contributed by atoms with E-state index >= 15 is 0 Å². The Morgan fingerprint density at radius 3 is 2.16 bits per heavy atom. The molecule has 5 nitrogen and oxygen atoms in total. The van der Waals surface area contributed by atoms with E-state index in [2.05, 4.69) is 0 Å². The van der Waals surface area contributed by atoms with Crippen LogP contribution in [-0.4, -0.2) is 25.3 Å². The van der Waals surface area contributed by atoms with Crippen molar-refractivity contribution in [2.45, 2.75) is 31.2 Å². The van der Waals surface area contributed by atoms with Crippen LogP contribution in [0.25, 0.3) is 0 Å². The Kier molecular flexibility index (Phi) is 5.05. The zero-order valence-electron chi connectivity index (χ0n) is 10.9. The van der Waals surface area contributed by atoms with Crippen LogP contribution in [0.1, 0.15) is 19.4 Å². The Hall–Kier alpha value is -1.89. The van der Waals surface area contributed by atoms with Crippen LogP contribution in [0.5, 0.6) is 0 Å². The molecule has 19 heavy (non-hydrogen) atoms. The number of benzene rings is 1. The summed E-state index contributed by atoms with van der Waals surface area (Å²) in [6.07, 6.45) is 0.242. The third-order valence-corrected chi connectivity index (χ3v) is 4.65. The van der Waals surface area contributed by atoms with Crippen LogP contribution in [-0.2, 0) is 16.4 Å². The summed E-state index contributed by atoms with van der Waals surface area (Å²) in [7, 11) is -3.67. The highest BCUT2D eigenvalue weighted by Crippen LogP contribution is 2.18. The van der Waals surface area contributed by atoms with Crippen LogP contribution in [0.4, 0.5) is 0 Å². The molecule has 1 rings (SSSR count).